The van der Waals surface area contributed by atoms with Gasteiger partial charge in [0.05, 0.1) is 19.3 Å². The highest BCUT2D eigenvalue weighted by atomic mass is 16.5. The van der Waals surface area contributed by atoms with E-state index in [-0.39, 0.29) is 17.9 Å². The van der Waals surface area contributed by atoms with Gasteiger partial charge in [0.1, 0.15) is 12.1 Å². The van der Waals surface area contributed by atoms with Crippen molar-refractivity contribution in [2.75, 3.05) is 26.3 Å². The maximum absolute atomic E-state index is 12.8. The zero-order chi connectivity index (χ0) is 19.6. The van der Waals surface area contributed by atoms with Gasteiger partial charge in [-0.2, -0.15) is 5.26 Å². The highest BCUT2D eigenvalue weighted by Gasteiger charge is 2.28. The molecule has 7 heteroatoms. The average molecular weight is 379 g/mol. The first kappa shape index (κ1) is 21.5. The number of ether oxygens (including phenoxy) is 1. The van der Waals surface area contributed by atoms with Crippen molar-refractivity contribution < 1.29 is 14.3 Å². The fraction of sp³-hybridized carbons (Fsp3) is 0.850. The Kier molecular flexibility index (Phi) is 8.86. The Morgan fingerprint density at radius 3 is 2.41 bits per heavy atom. The number of nitrogens with zero attached hydrogens (tertiary/aromatic N) is 2. The Labute approximate surface area is 162 Å². The number of hydrogen-bond acceptors (Lipinski definition) is 4. The highest BCUT2D eigenvalue weighted by molar-refractivity contribution is 5.87. The molecule has 2 fully saturated rings. The summed E-state index contributed by atoms with van der Waals surface area (Å²) < 4.78 is 5.27. The van der Waals surface area contributed by atoms with Gasteiger partial charge in [-0.05, 0) is 24.7 Å². The minimum atomic E-state index is -0.623. The molecule has 1 aliphatic carbocycles. The minimum absolute atomic E-state index is 0.236. The van der Waals surface area contributed by atoms with E-state index in [4.69, 9.17) is 4.74 Å². The van der Waals surface area contributed by atoms with Gasteiger partial charge < -0.3 is 20.3 Å². The molecule has 2 N–H and O–H groups in total. The van der Waals surface area contributed by atoms with E-state index < -0.39 is 12.1 Å². The summed E-state index contributed by atoms with van der Waals surface area (Å²) in [4.78, 5) is 26.9. The normalized spacial score (nSPS) is 20.6. The number of morpholine rings is 1. The van der Waals surface area contributed by atoms with Gasteiger partial charge in [0.2, 0.25) is 5.91 Å². The summed E-state index contributed by atoms with van der Waals surface area (Å²) in [6.07, 6.45) is 7.21. The van der Waals surface area contributed by atoms with E-state index in [1.54, 1.807) is 4.90 Å². The Bertz CT molecular complexity index is 520. The zero-order valence-electron chi connectivity index (χ0n) is 16.7. The first-order valence-electron chi connectivity index (χ1n) is 10.3. The summed E-state index contributed by atoms with van der Waals surface area (Å²) >= 11 is 0. The van der Waals surface area contributed by atoms with Crippen molar-refractivity contribution in [1.82, 2.24) is 15.5 Å². The maximum atomic E-state index is 12.8. The third kappa shape index (κ3) is 7.37. The fourth-order valence-electron chi connectivity index (χ4n) is 3.88. The lowest BCUT2D eigenvalue weighted by Gasteiger charge is -2.30. The number of nitriles is 1. The summed E-state index contributed by atoms with van der Waals surface area (Å²) in [5, 5.41) is 15.2. The van der Waals surface area contributed by atoms with Gasteiger partial charge in [0.25, 0.3) is 0 Å². The Hall–Kier alpha value is -1.81. The molecule has 0 aromatic rings. The van der Waals surface area contributed by atoms with E-state index in [9.17, 15) is 14.9 Å². The van der Waals surface area contributed by atoms with Gasteiger partial charge in [-0.25, -0.2) is 4.79 Å². The number of rotatable bonds is 7. The highest BCUT2D eigenvalue weighted by Crippen LogP contribution is 2.27. The molecule has 27 heavy (non-hydrogen) atoms. The van der Waals surface area contributed by atoms with Crippen molar-refractivity contribution >= 4 is 11.9 Å². The second kappa shape index (κ2) is 11.1. The largest absolute Gasteiger partial charge is 0.378 e. The van der Waals surface area contributed by atoms with Crippen LogP contribution in [-0.4, -0.2) is 55.2 Å². The van der Waals surface area contributed by atoms with Crippen LogP contribution >= 0.6 is 0 Å². The molecule has 0 aromatic carbocycles. The molecule has 2 atom stereocenters. The number of hydrogen-bond donors (Lipinski definition) is 2. The SMILES string of the molecule is CC(C)C[C@H](NC(=O)N1CCOCC1)C(=O)N[C@H](C#N)CC1CCCCC1. The number of urea groups is 1. The van der Waals surface area contributed by atoms with Gasteiger partial charge in [0, 0.05) is 13.1 Å². The third-order valence-corrected chi connectivity index (χ3v) is 5.39. The molecule has 2 rings (SSSR count). The first-order valence-corrected chi connectivity index (χ1v) is 10.3. The van der Waals surface area contributed by atoms with E-state index in [1.807, 2.05) is 13.8 Å². The Morgan fingerprint density at radius 2 is 1.81 bits per heavy atom. The van der Waals surface area contributed by atoms with E-state index >= 15 is 0 Å². The summed E-state index contributed by atoms with van der Waals surface area (Å²) in [6, 6.07) is 0.884. The molecule has 0 bridgehead atoms. The second-order valence-corrected chi connectivity index (χ2v) is 8.16. The van der Waals surface area contributed by atoms with Crippen LogP contribution in [0.15, 0.2) is 0 Å². The average Bonchev–Trinajstić information content (AvgIpc) is 2.68. The van der Waals surface area contributed by atoms with Gasteiger partial charge >= 0.3 is 6.03 Å². The van der Waals surface area contributed by atoms with Gasteiger partial charge in [-0.3, -0.25) is 4.79 Å². The van der Waals surface area contributed by atoms with Crippen molar-refractivity contribution in [1.29, 1.82) is 5.26 Å². The molecule has 0 unspecified atom stereocenters. The van der Waals surface area contributed by atoms with Crippen LogP contribution in [0.4, 0.5) is 4.79 Å². The van der Waals surface area contributed by atoms with E-state index in [2.05, 4.69) is 16.7 Å². The molecular weight excluding hydrogens is 344 g/mol. The summed E-state index contributed by atoms with van der Waals surface area (Å²) in [5.74, 6) is 0.507. The molecule has 1 aliphatic heterocycles. The van der Waals surface area contributed by atoms with Gasteiger partial charge in [-0.15, -0.1) is 0 Å². The number of carbonyl (C=O) groups excluding carboxylic acids is 2. The van der Waals surface area contributed by atoms with Crippen LogP contribution in [0.1, 0.15) is 58.8 Å². The smallest absolute Gasteiger partial charge is 0.318 e. The number of amides is 3. The Balaban J connectivity index is 1.91. The lowest BCUT2D eigenvalue weighted by molar-refractivity contribution is -0.123. The van der Waals surface area contributed by atoms with Gasteiger partial charge in [-0.1, -0.05) is 46.0 Å². The predicted molar refractivity (Wildman–Crippen MR) is 103 cm³/mol. The molecule has 0 aromatic heterocycles. The Morgan fingerprint density at radius 1 is 1.15 bits per heavy atom. The van der Waals surface area contributed by atoms with Crippen LogP contribution < -0.4 is 10.6 Å². The molecule has 1 saturated carbocycles. The van der Waals surface area contributed by atoms with Crippen molar-refractivity contribution in [2.24, 2.45) is 11.8 Å². The number of carbonyl (C=O) groups is 2. The zero-order valence-corrected chi connectivity index (χ0v) is 16.7. The molecule has 1 saturated heterocycles. The maximum Gasteiger partial charge on any atom is 0.318 e. The van der Waals surface area contributed by atoms with Crippen LogP contribution in [-0.2, 0) is 9.53 Å². The lowest BCUT2D eigenvalue weighted by atomic mass is 9.85. The standard InChI is InChI=1S/C20H34N4O3/c1-15(2)12-18(23-20(26)24-8-10-27-11-9-24)19(25)22-17(14-21)13-16-6-4-3-5-7-16/h15-18H,3-13H2,1-2H3,(H,22,25)(H,23,26)/t17-,18-/m0/s1. The molecule has 3 amide bonds. The third-order valence-electron chi connectivity index (χ3n) is 5.39. The fourth-order valence-corrected chi connectivity index (χ4v) is 3.88. The number of nitrogens with one attached hydrogen (secondary N) is 2. The van der Waals surface area contributed by atoms with Crippen molar-refractivity contribution in [3.63, 3.8) is 0 Å². The quantitative estimate of drug-likeness (QED) is 0.711. The molecule has 0 spiro atoms. The van der Waals surface area contributed by atoms with Crippen LogP contribution in [0.3, 0.4) is 0 Å². The van der Waals surface area contributed by atoms with Crippen LogP contribution in [0, 0.1) is 23.2 Å². The van der Waals surface area contributed by atoms with E-state index in [1.165, 1.54) is 19.3 Å². The van der Waals surface area contributed by atoms with Crippen molar-refractivity contribution in [3.8, 4) is 6.07 Å². The summed E-state index contributed by atoms with van der Waals surface area (Å²) in [7, 11) is 0. The van der Waals surface area contributed by atoms with Gasteiger partial charge in [0.15, 0.2) is 0 Å². The first-order chi connectivity index (χ1) is 13.0. The van der Waals surface area contributed by atoms with Crippen LogP contribution in [0.25, 0.3) is 0 Å². The van der Waals surface area contributed by atoms with Crippen LogP contribution in [0.5, 0.6) is 0 Å². The molecule has 152 valence electrons. The molecular formula is C20H34N4O3. The molecule has 7 nitrogen and oxygen atoms in total. The van der Waals surface area contributed by atoms with Crippen molar-refractivity contribution in [2.45, 2.75) is 70.9 Å². The summed E-state index contributed by atoms with van der Waals surface area (Å²) in [5.41, 5.74) is 0. The molecule has 1 heterocycles. The van der Waals surface area contributed by atoms with E-state index in [0.717, 1.165) is 12.8 Å². The molecule has 0 radical (unpaired) electrons. The minimum Gasteiger partial charge on any atom is -0.378 e. The predicted octanol–water partition coefficient (Wildman–Crippen LogP) is 2.42. The lowest BCUT2D eigenvalue weighted by Crippen LogP contribution is -2.55. The van der Waals surface area contributed by atoms with E-state index in [0.29, 0.717) is 45.1 Å². The monoisotopic (exact) mass is 378 g/mol. The van der Waals surface area contributed by atoms with Crippen LogP contribution in [0.2, 0.25) is 0 Å². The topological polar surface area (TPSA) is 94.5 Å². The molecule has 2 aliphatic rings. The summed E-state index contributed by atoms with van der Waals surface area (Å²) in [6.45, 7) is 6.14. The van der Waals surface area contributed by atoms with Crippen molar-refractivity contribution in [3.05, 3.63) is 0 Å². The second-order valence-electron chi connectivity index (χ2n) is 8.16.